The lowest BCUT2D eigenvalue weighted by atomic mass is 10.1. The van der Waals surface area contributed by atoms with E-state index in [2.05, 4.69) is 11.4 Å². The fourth-order valence-corrected chi connectivity index (χ4v) is 3.35. The summed E-state index contributed by atoms with van der Waals surface area (Å²) in [5.41, 5.74) is 7.82. The van der Waals surface area contributed by atoms with Gasteiger partial charge in [-0.25, -0.2) is 0 Å². The second-order valence-electron chi connectivity index (χ2n) is 6.01. The van der Waals surface area contributed by atoms with Crippen molar-refractivity contribution >= 4 is 23.4 Å². The van der Waals surface area contributed by atoms with Crippen molar-refractivity contribution < 1.29 is 19.1 Å². The monoisotopic (exact) mass is 374 g/mol. The van der Waals surface area contributed by atoms with Gasteiger partial charge in [-0.2, -0.15) is 0 Å². The molecule has 3 N–H and O–H groups in total. The van der Waals surface area contributed by atoms with Gasteiger partial charge in [-0.05, 0) is 36.1 Å². The van der Waals surface area contributed by atoms with Gasteiger partial charge >= 0.3 is 0 Å². The van der Waals surface area contributed by atoms with E-state index in [1.807, 2.05) is 18.2 Å². The Morgan fingerprint density at radius 2 is 2.08 bits per heavy atom. The van der Waals surface area contributed by atoms with Crippen molar-refractivity contribution in [3.05, 3.63) is 58.1 Å². The smallest absolute Gasteiger partial charge is 0.255 e. The first kappa shape index (κ1) is 18.1. The van der Waals surface area contributed by atoms with Gasteiger partial charge in [-0.1, -0.05) is 35.9 Å². The Kier molecular flexibility index (Phi) is 5.32. The van der Waals surface area contributed by atoms with Crippen LogP contribution in [0.15, 0.2) is 36.4 Å². The molecule has 136 valence electrons. The van der Waals surface area contributed by atoms with Gasteiger partial charge in [-0.15, -0.1) is 0 Å². The van der Waals surface area contributed by atoms with Gasteiger partial charge in [0.05, 0.1) is 18.2 Å². The van der Waals surface area contributed by atoms with Crippen molar-refractivity contribution in [3.63, 3.8) is 0 Å². The number of carbonyl (C=O) groups excluding carboxylic acids is 2. The van der Waals surface area contributed by atoms with Crippen LogP contribution in [0.2, 0.25) is 5.02 Å². The summed E-state index contributed by atoms with van der Waals surface area (Å²) in [5, 5.41) is 3.20. The van der Waals surface area contributed by atoms with Crippen LogP contribution >= 0.6 is 11.6 Å². The molecule has 1 aliphatic rings. The second kappa shape index (κ2) is 7.66. The van der Waals surface area contributed by atoms with E-state index < -0.39 is 5.91 Å². The Balaban J connectivity index is 1.80. The normalized spacial score (nSPS) is 15.2. The summed E-state index contributed by atoms with van der Waals surface area (Å²) in [7, 11) is 1.43. The van der Waals surface area contributed by atoms with E-state index in [1.54, 1.807) is 0 Å². The van der Waals surface area contributed by atoms with Crippen LogP contribution in [-0.2, 0) is 11.2 Å². The standard InChI is InChI=1S/C19H19ClN2O4/c1-25-16-9-12(8-14(20)18(16)26-10-17(21)23)19(24)22-15-7-6-11-4-2-3-5-13(11)15/h2-5,8-9,15H,6-7,10H2,1H3,(H2,21,23)(H,22,24). The number of nitrogens with one attached hydrogen (secondary N) is 1. The fourth-order valence-electron chi connectivity index (χ4n) is 3.08. The number of benzene rings is 2. The van der Waals surface area contributed by atoms with Crippen molar-refractivity contribution in [1.82, 2.24) is 5.32 Å². The van der Waals surface area contributed by atoms with E-state index in [0.29, 0.717) is 5.56 Å². The zero-order chi connectivity index (χ0) is 18.7. The Hall–Kier alpha value is -2.73. The quantitative estimate of drug-likeness (QED) is 0.813. The first-order valence-corrected chi connectivity index (χ1v) is 8.54. The lowest BCUT2D eigenvalue weighted by molar-refractivity contribution is -0.119. The van der Waals surface area contributed by atoms with Crippen LogP contribution in [-0.4, -0.2) is 25.5 Å². The maximum Gasteiger partial charge on any atom is 0.255 e. The predicted molar refractivity (Wildman–Crippen MR) is 97.7 cm³/mol. The van der Waals surface area contributed by atoms with Gasteiger partial charge in [0.25, 0.3) is 11.8 Å². The predicted octanol–water partition coefficient (Wildman–Crippen LogP) is 2.63. The molecule has 0 fully saturated rings. The van der Waals surface area contributed by atoms with Crippen LogP contribution in [0.1, 0.15) is 33.9 Å². The Bertz CT molecular complexity index is 853. The van der Waals surface area contributed by atoms with Gasteiger partial charge in [0, 0.05) is 5.56 Å². The van der Waals surface area contributed by atoms with Crippen molar-refractivity contribution in [2.24, 2.45) is 5.73 Å². The molecule has 3 rings (SSSR count). The molecular weight excluding hydrogens is 356 g/mol. The van der Waals surface area contributed by atoms with Gasteiger partial charge in [0.15, 0.2) is 18.1 Å². The topological polar surface area (TPSA) is 90.7 Å². The van der Waals surface area contributed by atoms with Crippen molar-refractivity contribution in [1.29, 1.82) is 0 Å². The number of primary amides is 1. The number of hydrogen-bond donors (Lipinski definition) is 2. The number of aryl methyl sites for hydroxylation is 1. The molecule has 2 aromatic rings. The molecule has 7 heteroatoms. The highest BCUT2D eigenvalue weighted by molar-refractivity contribution is 6.32. The molecule has 6 nitrogen and oxygen atoms in total. The molecule has 2 amide bonds. The first-order valence-electron chi connectivity index (χ1n) is 8.17. The number of nitrogens with two attached hydrogens (primary N) is 1. The molecule has 0 aromatic heterocycles. The van der Waals surface area contributed by atoms with Crippen molar-refractivity contribution in [3.8, 4) is 11.5 Å². The summed E-state index contributed by atoms with van der Waals surface area (Å²) in [6.07, 6.45) is 1.79. The molecule has 0 aliphatic heterocycles. The number of methoxy groups -OCH3 is 1. The maximum atomic E-state index is 12.7. The van der Waals surface area contributed by atoms with E-state index in [9.17, 15) is 9.59 Å². The van der Waals surface area contributed by atoms with E-state index >= 15 is 0 Å². The highest BCUT2D eigenvalue weighted by Crippen LogP contribution is 2.37. The molecule has 1 aliphatic carbocycles. The van der Waals surface area contributed by atoms with Crippen LogP contribution in [0.5, 0.6) is 11.5 Å². The van der Waals surface area contributed by atoms with E-state index in [4.69, 9.17) is 26.8 Å². The summed E-state index contributed by atoms with van der Waals surface area (Å²) in [4.78, 5) is 23.6. The number of amides is 2. The Labute approximate surface area is 156 Å². The molecule has 0 radical (unpaired) electrons. The van der Waals surface area contributed by atoms with Crippen LogP contribution < -0.4 is 20.5 Å². The molecule has 0 saturated carbocycles. The average Bonchev–Trinajstić information content (AvgIpc) is 3.03. The van der Waals surface area contributed by atoms with Gasteiger partial charge < -0.3 is 20.5 Å². The fraction of sp³-hybridized carbons (Fsp3) is 0.263. The Morgan fingerprint density at radius 1 is 1.31 bits per heavy atom. The third kappa shape index (κ3) is 3.75. The lowest BCUT2D eigenvalue weighted by Crippen LogP contribution is -2.27. The number of halogens is 1. The van der Waals surface area contributed by atoms with Crippen LogP contribution in [0.3, 0.4) is 0 Å². The number of rotatable bonds is 6. The highest BCUT2D eigenvalue weighted by atomic mass is 35.5. The van der Waals surface area contributed by atoms with E-state index in [1.165, 1.54) is 24.8 Å². The minimum Gasteiger partial charge on any atom is -0.493 e. The molecule has 1 unspecified atom stereocenters. The SMILES string of the molecule is COc1cc(C(=O)NC2CCc3ccccc32)cc(Cl)c1OCC(N)=O. The second-order valence-corrected chi connectivity index (χ2v) is 6.42. The third-order valence-corrected chi connectivity index (χ3v) is 4.57. The van der Waals surface area contributed by atoms with Crippen LogP contribution in [0.4, 0.5) is 0 Å². The zero-order valence-corrected chi connectivity index (χ0v) is 15.0. The summed E-state index contributed by atoms with van der Waals surface area (Å²) in [6.45, 7) is -0.333. The molecule has 26 heavy (non-hydrogen) atoms. The summed E-state index contributed by atoms with van der Waals surface area (Å²) in [5.74, 6) is -0.454. The highest BCUT2D eigenvalue weighted by Gasteiger charge is 2.25. The molecule has 0 spiro atoms. The summed E-state index contributed by atoms with van der Waals surface area (Å²) >= 11 is 6.20. The van der Waals surface area contributed by atoms with E-state index in [-0.39, 0.29) is 35.1 Å². The molecule has 0 saturated heterocycles. The van der Waals surface area contributed by atoms with Crippen LogP contribution in [0, 0.1) is 0 Å². The Morgan fingerprint density at radius 3 is 2.81 bits per heavy atom. The largest absolute Gasteiger partial charge is 0.493 e. The first-order chi connectivity index (χ1) is 12.5. The van der Waals surface area contributed by atoms with Crippen molar-refractivity contribution in [2.75, 3.05) is 13.7 Å². The maximum absolute atomic E-state index is 12.7. The van der Waals surface area contributed by atoms with Gasteiger partial charge in [0.1, 0.15) is 0 Å². The number of carbonyl (C=O) groups is 2. The summed E-state index contributed by atoms with van der Waals surface area (Å²) < 4.78 is 10.5. The van der Waals surface area contributed by atoms with Crippen molar-refractivity contribution in [2.45, 2.75) is 18.9 Å². The minimum absolute atomic E-state index is 0.0331. The van der Waals surface area contributed by atoms with Gasteiger partial charge in [-0.3, -0.25) is 9.59 Å². The lowest BCUT2D eigenvalue weighted by Gasteiger charge is -2.16. The van der Waals surface area contributed by atoms with Gasteiger partial charge in [0.2, 0.25) is 0 Å². The zero-order valence-electron chi connectivity index (χ0n) is 14.3. The average molecular weight is 375 g/mol. The molecular formula is C19H19ClN2O4. The number of fused-ring (bicyclic) bond motifs is 1. The minimum atomic E-state index is -0.634. The number of hydrogen-bond acceptors (Lipinski definition) is 4. The number of ether oxygens (including phenoxy) is 2. The molecule has 1 atom stereocenters. The summed E-state index contributed by atoms with van der Waals surface area (Å²) in [6, 6.07) is 11.0. The third-order valence-electron chi connectivity index (χ3n) is 4.29. The van der Waals surface area contributed by atoms with Crippen LogP contribution in [0.25, 0.3) is 0 Å². The molecule has 2 aromatic carbocycles. The van der Waals surface area contributed by atoms with E-state index in [0.717, 1.165) is 18.4 Å². The molecule has 0 bridgehead atoms. The molecule has 0 heterocycles.